The van der Waals surface area contributed by atoms with Gasteiger partial charge in [0.2, 0.25) is 0 Å². The summed E-state index contributed by atoms with van der Waals surface area (Å²) in [6, 6.07) is 11.5. The van der Waals surface area contributed by atoms with Crippen molar-refractivity contribution in [2.75, 3.05) is 5.32 Å². The van der Waals surface area contributed by atoms with Crippen LogP contribution in [0.2, 0.25) is 5.15 Å². The molecule has 0 aliphatic rings. The third-order valence-electron chi connectivity index (χ3n) is 2.42. The molecule has 90 valence electrons. The Balaban J connectivity index is 2.12. The summed E-state index contributed by atoms with van der Waals surface area (Å²) in [5.74, 6) is 0. The smallest absolute Gasteiger partial charge is 0.143 e. The number of aromatic nitrogens is 1. The van der Waals surface area contributed by atoms with Crippen molar-refractivity contribution in [1.82, 2.24) is 4.98 Å². The number of benzene rings is 1. The highest BCUT2D eigenvalue weighted by Crippen LogP contribution is 2.23. The average Bonchev–Trinajstić information content (AvgIpc) is 2.40. The summed E-state index contributed by atoms with van der Waals surface area (Å²) in [6.07, 6.45) is 1.65. The van der Waals surface area contributed by atoms with Crippen LogP contribution in [0.15, 0.2) is 41.0 Å². The van der Waals surface area contributed by atoms with Crippen LogP contribution in [0.4, 0.5) is 5.69 Å². The Kier molecular flexibility index (Phi) is 4.19. The molecule has 1 heterocycles. The van der Waals surface area contributed by atoms with Crippen LogP contribution in [0.3, 0.4) is 0 Å². The van der Waals surface area contributed by atoms with Crippen LogP contribution in [0.25, 0.3) is 0 Å². The number of hydrogen-bond acceptors (Lipinski definition) is 3. The van der Waals surface area contributed by atoms with Gasteiger partial charge in [0.05, 0.1) is 28.0 Å². The number of anilines is 1. The van der Waals surface area contributed by atoms with E-state index in [0.29, 0.717) is 17.3 Å². The van der Waals surface area contributed by atoms with E-state index in [4.69, 9.17) is 16.9 Å². The summed E-state index contributed by atoms with van der Waals surface area (Å²) in [4.78, 5) is 4.02. The van der Waals surface area contributed by atoms with E-state index in [0.717, 1.165) is 15.7 Å². The highest BCUT2D eigenvalue weighted by Gasteiger charge is 2.03. The van der Waals surface area contributed by atoms with Crippen LogP contribution in [0.1, 0.15) is 11.1 Å². The molecule has 1 aromatic heterocycles. The fraction of sp³-hybridized carbons (Fsp3) is 0.0769. The normalized spacial score (nSPS) is 9.83. The van der Waals surface area contributed by atoms with Crippen molar-refractivity contribution in [3.05, 3.63) is 57.3 Å². The maximum Gasteiger partial charge on any atom is 0.143 e. The molecular formula is C13H9BrClN3. The van der Waals surface area contributed by atoms with Crippen molar-refractivity contribution in [1.29, 1.82) is 5.26 Å². The fourth-order valence-corrected chi connectivity index (χ4v) is 1.95. The van der Waals surface area contributed by atoms with Crippen molar-refractivity contribution < 1.29 is 0 Å². The second-order valence-corrected chi connectivity index (χ2v) is 4.83. The largest absolute Gasteiger partial charge is 0.380 e. The molecule has 0 bridgehead atoms. The third kappa shape index (κ3) is 3.00. The third-order valence-corrected chi connectivity index (χ3v) is 3.55. The minimum atomic E-state index is 0.429. The van der Waals surface area contributed by atoms with Gasteiger partial charge < -0.3 is 5.32 Å². The van der Waals surface area contributed by atoms with E-state index in [1.165, 1.54) is 0 Å². The first-order chi connectivity index (χ1) is 8.70. The standard InChI is InChI=1S/C13H9BrClN3/c14-12-5-11(8-18-13(12)15)17-7-10-4-2-1-3-9(10)6-16/h1-5,8,17H,7H2. The van der Waals surface area contributed by atoms with E-state index in [1.807, 2.05) is 24.3 Å². The molecule has 0 saturated carbocycles. The molecule has 5 heteroatoms. The molecular weight excluding hydrogens is 314 g/mol. The summed E-state index contributed by atoms with van der Waals surface area (Å²) < 4.78 is 0.739. The van der Waals surface area contributed by atoms with Gasteiger partial charge in [-0.1, -0.05) is 29.8 Å². The molecule has 0 fully saturated rings. The Bertz CT molecular complexity index is 607. The molecule has 0 saturated heterocycles. The molecule has 18 heavy (non-hydrogen) atoms. The summed E-state index contributed by atoms with van der Waals surface area (Å²) in [5, 5.41) is 12.6. The lowest BCUT2D eigenvalue weighted by molar-refractivity contribution is 1.12. The van der Waals surface area contributed by atoms with Crippen molar-refractivity contribution in [3.8, 4) is 6.07 Å². The van der Waals surface area contributed by atoms with Crippen LogP contribution in [-0.4, -0.2) is 4.98 Å². The predicted molar refractivity (Wildman–Crippen MR) is 75.4 cm³/mol. The zero-order valence-corrected chi connectivity index (χ0v) is 11.7. The van der Waals surface area contributed by atoms with Crippen LogP contribution in [0, 0.1) is 11.3 Å². The Hall–Kier alpha value is -1.57. The molecule has 2 rings (SSSR count). The summed E-state index contributed by atoms with van der Waals surface area (Å²) >= 11 is 9.13. The zero-order valence-electron chi connectivity index (χ0n) is 9.32. The average molecular weight is 323 g/mol. The van der Waals surface area contributed by atoms with Crippen molar-refractivity contribution in [2.24, 2.45) is 0 Å². The Labute approximate surface area is 119 Å². The first-order valence-electron chi connectivity index (χ1n) is 5.23. The van der Waals surface area contributed by atoms with Crippen molar-refractivity contribution >= 4 is 33.2 Å². The lowest BCUT2D eigenvalue weighted by Crippen LogP contribution is -2.01. The molecule has 0 atom stereocenters. The van der Waals surface area contributed by atoms with Crippen LogP contribution in [0.5, 0.6) is 0 Å². The molecule has 0 amide bonds. The van der Waals surface area contributed by atoms with Crippen molar-refractivity contribution in [3.63, 3.8) is 0 Å². The molecule has 3 nitrogen and oxygen atoms in total. The lowest BCUT2D eigenvalue weighted by Gasteiger charge is -2.08. The highest BCUT2D eigenvalue weighted by molar-refractivity contribution is 9.10. The molecule has 0 radical (unpaired) electrons. The minimum Gasteiger partial charge on any atom is -0.380 e. The quantitative estimate of drug-likeness (QED) is 0.870. The summed E-state index contributed by atoms with van der Waals surface area (Å²) in [6.45, 7) is 0.569. The van der Waals surface area contributed by atoms with Gasteiger partial charge in [0.1, 0.15) is 5.15 Å². The van der Waals surface area contributed by atoms with Gasteiger partial charge in [0.15, 0.2) is 0 Å². The molecule has 1 N–H and O–H groups in total. The van der Waals surface area contributed by atoms with E-state index in [-0.39, 0.29) is 0 Å². The number of nitrogens with one attached hydrogen (secondary N) is 1. The van der Waals surface area contributed by atoms with Gasteiger partial charge in [0.25, 0.3) is 0 Å². The van der Waals surface area contributed by atoms with E-state index in [9.17, 15) is 0 Å². The number of halogens is 2. The Morgan fingerprint density at radius 2 is 2.17 bits per heavy atom. The lowest BCUT2D eigenvalue weighted by atomic mass is 10.1. The Morgan fingerprint density at radius 1 is 1.39 bits per heavy atom. The maximum atomic E-state index is 8.98. The molecule has 0 unspecified atom stereocenters. The van der Waals surface area contributed by atoms with E-state index < -0.39 is 0 Å². The first kappa shape index (κ1) is 12.9. The van der Waals surface area contributed by atoms with Crippen LogP contribution < -0.4 is 5.32 Å². The van der Waals surface area contributed by atoms with E-state index in [1.54, 1.807) is 12.3 Å². The number of nitriles is 1. The SMILES string of the molecule is N#Cc1ccccc1CNc1cnc(Cl)c(Br)c1. The van der Waals surface area contributed by atoms with Gasteiger partial charge in [0, 0.05) is 6.54 Å². The maximum absolute atomic E-state index is 8.98. The van der Waals surface area contributed by atoms with E-state index in [2.05, 4.69) is 32.3 Å². The minimum absolute atomic E-state index is 0.429. The van der Waals surface area contributed by atoms with Gasteiger partial charge in [-0.3, -0.25) is 0 Å². The van der Waals surface area contributed by atoms with Gasteiger partial charge in [-0.15, -0.1) is 0 Å². The second kappa shape index (κ2) is 5.85. The topological polar surface area (TPSA) is 48.7 Å². The molecule has 0 aliphatic heterocycles. The van der Waals surface area contributed by atoms with Crippen molar-refractivity contribution in [2.45, 2.75) is 6.54 Å². The Morgan fingerprint density at radius 3 is 2.89 bits per heavy atom. The van der Waals surface area contributed by atoms with Crippen LogP contribution >= 0.6 is 27.5 Å². The van der Waals surface area contributed by atoms with Gasteiger partial charge in [-0.2, -0.15) is 5.26 Å². The van der Waals surface area contributed by atoms with Gasteiger partial charge in [-0.25, -0.2) is 4.98 Å². The highest BCUT2D eigenvalue weighted by atomic mass is 79.9. The number of hydrogen-bond donors (Lipinski definition) is 1. The number of pyridine rings is 1. The van der Waals surface area contributed by atoms with E-state index >= 15 is 0 Å². The molecule has 0 spiro atoms. The second-order valence-electron chi connectivity index (χ2n) is 3.62. The fourth-order valence-electron chi connectivity index (χ4n) is 1.50. The van der Waals surface area contributed by atoms with Gasteiger partial charge >= 0.3 is 0 Å². The molecule has 2 aromatic rings. The summed E-state index contributed by atoms with van der Waals surface area (Å²) in [5.41, 5.74) is 2.47. The van der Waals surface area contributed by atoms with Crippen LogP contribution in [-0.2, 0) is 6.54 Å². The number of rotatable bonds is 3. The summed E-state index contributed by atoms with van der Waals surface area (Å²) in [7, 11) is 0. The number of nitrogens with zero attached hydrogens (tertiary/aromatic N) is 2. The molecule has 1 aromatic carbocycles. The molecule has 0 aliphatic carbocycles. The van der Waals surface area contributed by atoms with Gasteiger partial charge in [-0.05, 0) is 33.6 Å². The predicted octanol–water partition coefficient (Wildman–Crippen LogP) is 3.98. The monoisotopic (exact) mass is 321 g/mol. The zero-order chi connectivity index (χ0) is 13.0. The first-order valence-corrected chi connectivity index (χ1v) is 6.40.